The van der Waals surface area contributed by atoms with Crippen molar-refractivity contribution in [2.75, 3.05) is 13.2 Å². The minimum atomic E-state index is -0.354. The van der Waals surface area contributed by atoms with Crippen molar-refractivity contribution in [3.05, 3.63) is 91.4 Å². The second-order valence-corrected chi connectivity index (χ2v) is 7.46. The number of halogens is 2. The van der Waals surface area contributed by atoms with Crippen molar-refractivity contribution in [3.8, 4) is 0 Å². The van der Waals surface area contributed by atoms with Crippen molar-refractivity contribution in [2.45, 2.75) is 12.8 Å². The van der Waals surface area contributed by atoms with Crippen molar-refractivity contribution < 1.29 is 9.47 Å². The van der Waals surface area contributed by atoms with Crippen LogP contribution in [0.4, 0.5) is 0 Å². The Morgan fingerprint density at radius 2 is 1.53 bits per heavy atom. The molecular formula is C22H18Cl2N2O4. The van der Waals surface area contributed by atoms with Gasteiger partial charge in [0, 0.05) is 38.5 Å². The molecule has 1 aliphatic rings. The quantitative estimate of drug-likeness (QED) is 0.502. The van der Waals surface area contributed by atoms with Gasteiger partial charge in [0.25, 0.3) is 5.56 Å². The van der Waals surface area contributed by atoms with E-state index in [-0.39, 0.29) is 17.4 Å². The number of hydrogen-bond donors (Lipinski definition) is 1. The molecule has 154 valence electrons. The van der Waals surface area contributed by atoms with E-state index in [0.717, 1.165) is 21.8 Å². The summed E-state index contributed by atoms with van der Waals surface area (Å²) in [5.74, 6) is 0. The zero-order valence-electron chi connectivity index (χ0n) is 15.8. The van der Waals surface area contributed by atoms with Gasteiger partial charge in [0.2, 0.25) is 5.56 Å². The van der Waals surface area contributed by atoms with E-state index in [1.54, 1.807) is 34.9 Å². The lowest BCUT2D eigenvalue weighted by Gasteiger charge is -2.14. The molecule has 30 heavy (non-hydrogen) atoms. The van der Waals surface area contributed by atoms with Crippen LogP contribution in [0.1, 0.15) is 0 Å². The number of nitrogens with zero attached hydrogens (tertiary/aromatic N) is 1. The number of H-pyrrole nitrogens is 1. The fourth-order valence-corrected chi connectivity index (χ4v) is 3.76. The largest absolute Gasteiger partial charge is 0.348 e. The highest BCUT2D eigenvalue weighted by Crippen LogP contribution is 2.22. The van der Waals surface area contributed by atoms with Gasteiger partial charge in [-0.05, 0) is 36.4 Å². The molecule has 3 heterocycles. The Bertz CT molecular complexity index is 1310. The molecule has 2 aromatic carbocycles. The van der Waals surface area contributed by atoms with Crippen LogP contribution in [0.5, 0.6) is 0 Å². The molecule has 2 aromatic heterocycles. The van der Waals surface area contributed by atoms with Crippen LogP contribution in [0, 0.1) is 0 Å². The van der Waals surface area contributed by atoms with Crippen molar-refractivity contribution >= 4 is 45.0 Å². The van der Waals surface area contributed by atoms with Gasteiger partial charge in [-0.1, -0.05) is 35.3 Å². The molecule has 0 saturated carbocycles. The van der Waals surface area contributed by atoms with Crippen LogP contribution in [0.25, 0.3) is 21.8 Å². The number of pyridine rings is 2. The maximum atomic E-state index is 11.9. The van der Waals surface area contributed by atoms with Gasteiger partial charge < -0.3 is 19.0 Å². The van der Waals surface area contributed by atoms with Gasteiger partial charge in [0.1, 0.15) is 0 Å². The molecule has 0 amide bonds. The van der Waals surface area contributed by atoms with Crippen LogP contribution in [0.3, 0.4) is 0 Å². The first-order valence-corrected chi connectivity index (χ1v) is 10.1. The zero-order valence-corrected chi connectivity index (χ0v) is 17.3. The number of fused-ring (bicyclic) bond motifs is 2. The fraction of sp³-hybridized carbons (Fsp3) is 0.182. The van der Waals surface area contributed by atoms with Crippen LogP contribution in [0.2, 0.25) is 10.0 Å². The van der Waals surface area contributed by atoms with E-state index in [4.69, 9.17) is 32.7 Å². The minimum absolute atomic E-state index is 0.0798. The van der Waals surface area contributed by atoms with Gasteiger partial charge in [-0.25, -0.2) is 0 Å². The van der Waals surface area contributed by atoms with Crippen molar-refractivity contribution in [3.63, 3.8) is 0 Å². The fourth-order valence-electron chi connectivity index (χ4n) is 3.29. The van der Waals surface area contributed by atoms with Crippen LogP contribution in [0.15, 0.2) is 70.3 Å². The zero-order chi connectivity index (χ0) is 21.1. The molecule has 1 N–H and O–H groups in total. The summed E-state index contributed by atoms with van der Waals surface area (Å²) in [4.78, 5) is 25.5. The van der Waals surface area contributed by atoms with Gasteiger partial charge in [-0.15, -0.1) is 0 Å². The van der Waals surface area contributed by atoms with Crippen LogP contribution < -0.4 is 11.1 Å². The second-order valence-electron chi connectivity index (χ2n) is 6.65. The molecule has 0 radical (unpaired) electrons. The summed E-state index contributed by atoms with van der Waals surface area (Å²) < 4.78 is 12.4. The molecule has 0 spiro atoms. The first-order valence-electron chi connectivity index (χ1n) is 9.32. The Morgan fingerprint density at radius 3 is 2.30 bits per heavy atom. The Hall–Kier alpha value is -2.64. The Labute approximate surface area is 181 Å². The molecule has 5 rings (SSSR count). The number of aromatic amines is 1. The monoisotopic (exact) mass is 444 g/mol. The van der Waals surface area contributed by atoms with E-state index in [9.17, 15) is 9.59 Å². The van der Waals surface area contributed by atoms with Crippen LogP contribution in [-0.4, -0.2) is 29.1 Å². The third kappa shape index (κ3) is 4.42. The number of ether oxygens (including phenoxy) is 2. The molecule has 1 saturated heterocycles. The normalized spacial score (nSPS) is 14.1. The summed E-state index contributed by atoms with van der Waals surface area (Å²) in [7, 11) is 0. The predicted molar refractivity (Wildman–Crippen MR) is 118 cm³/mol. The molecular weight excluding hydrogens is 427 g/mol. The molecule has 0 aliphatic carbocycles. The summed E-state index contributed by atoms with van der Waals surface area (Å²) in [5, 5.41) is 3.02. The van der Waals surface area contributed by atoms with E-state index in [1.165, 1.54) is 12.1 Å². The van der Waals surface area contributed by atoms with Gasteiger partial charge in [0.15, 0.2) is 6.29 Å². The highest BCUT2D eigenvalue weighted by molar-refractivity contribution is 6.35. The van der Waals surface area contributed by atoms with E-state index in [2.05, 4.69) is 4.98 Å². The smallest absolute Gasteiger partial charge is 0.251 e. The lowest BCUT2D eigenvalue weighted by molar-refractivity contribution is -0.0522. The van der Waals surface area contributed by atoms with E-state index >= 15 is 0 Å². The molecule has 8 heteroatoms. The lowest BCUT2D eigenvalue weighted by atomic mass is 10.2. The van der Waals surface area contributed by atoms with Crippen molar-refractivity contribution in [1.29, 1.82) is 0 Å². The predicted octanol–water partition coefficient (Wildman–Crippen LogP) is 4.21. The number of nitrogens with one attached hydrogen (secondary N) is 1. The summed E-state index contributed by atoms with van der Waals surface area (Å²) in [6.45, 7) is 1.53. The van der Waals surface area contributed by atoms with Gasteiger partial charge in [0.05, 0.1) is 25.3 Å². The summed E-state index contributed by atoms with van der Waals surface area (Å²) in [5.41, 5.74) is 1.39. The Morgan fingerprint density at radius 1 is 0.867 bits per heavy atom. The summed E-state index contributed by atoms with van der Waals surface area (Å²) in [6, 6.07) is 17.4. The van der Waals surface area contributed by atoms with E-state index < -0.39 is 0 Å². The lowest BCUT2D eigenvalue weighted by Crippen LogP contribution is -2.26. The van der Waals surface area contributed by atoms with Gasteiger partial charge in [-0.3, -0.25) is 9.59 Å². The highest BCUT2D eigenvalue weighted by Gasteiger charge is 2.18. The summed E-state index contributed by atoms with van der Waals surface area (Å²) >= 11 is 12.0. The molecule has 6 nitrogen and oxygen atoms in total. The Kier molecular flexibility index (Phi) is 6.20. The summed E-state index contributed by atoms with van der Waals surface area (Å²) in [6.07, 6.45) is -0.354. The van der Waals surface area contributed by atoms with Crippen LogP contribution >= 0.6 is 23.2 Å². The topological polar surface area (TPSA) is 73.3 Å². The first-order chi connectivity index (χ1) is 14.5. The van der Waals surface area contributed by atoms with Gasteiger partial charge >= 0.3 is 0 Å². The molecule has 4 aromatic rings. The standard InChI is InChI=1S/C13H12ClNO3.C9H6ClNO/c14-10-2-1-3-11-9(10)4-5-12(16)15(11)8-13-17-6-7-18-13;10-7-2-1-3-8-6(7)4-5-9(12)11-8/h1-5,13H,6-8H2;1-5H,(H,11,12). The molecule has 0 bridgehead atoms. The van der Waals surface area contributed by atoms with Crippen LogP contribution in [-0.2, 0) is 16.0 Å². The third-order valence-corrected chi connectivity index (χ3v) is 5.37. The maximum absolute atomic E-state index is 11.9. The maximum Gasteiger partial charge on any atom is 0.251 e. The number of aromatic nitrogens is 2. The highest BCUT2D eigenvalue weighted by atomic mass is 35.5. The van der Waals surface area contributed by atoms with Gasteiger partial charge in [-0.2, -0.15) is 0 Å². The number of hydrogen-bond acceptors (Lipinski definition) is 4. The molecule has 0 unspecified atom stereocenters. The SMILES string of the molecule is O=c1ccc2c(Cl)cccc2[nH]1.O=c1ccc2c(Cl)cccc2n1CC1OCCO1. The van der Waals surface area contributed by atoms with E-state index in [1.807, 2.05) is 18.2 Å². The third-order valence-electron chi connectivity index (χ3n) is 4.71. The number of rotatable bonds is 2. The molecule has 0 atom stereocenters. The van der Waals surface area contributed by atoms with Crippen molar-refractivity contribution in [2.24, 2.45) is 0 Å². The Balaban J connectivity index is 0.000000158. The molecule has 1 fully saturated rings. The average Bonchev–Trinajstić information content (AvgIpc) is 3.24. The van der Waals surface area contributed by atoms with Crippen molar-refractivity contribution in [1.82, 2.24) is 9.55 Å². The van der Waals surface area contributed by atoms with E-state index in [0.29, 0.717) is 29.8 Å². The average molecular weight is 445 g/mol. The number of benzene rings is 2. The first kappa shape index (κ1) is 20.6. The molecule has 1 aliphatic heterocycles. The minimum Gasteiger partial charge on any atom is -0.348 e. The second kappa shape index (κ2) is 9.02.